The van der Waals surface area contributed by atoms with E-state index in [1.54, 1.807) is 55.5 Å². The average Bonchev–Trinajstić information content (AvgIpc) is 3.29. The molecule has 0 saturated carbocycles. The Morgan fingerprint density at radius 3 is 2.60 bits per heavy atom. The van der Waals surface area contributed by atoms with E-state index in [1.807, 2.05) is 0 Å². The minimum atomic E-state index is -0.911. The molecule has 8 nitrogen and oxygen atoms in total. The second kappa shape index (κ2) is 7.98. The number of rotatable bonds is 5. The van der Waals surface area contributed by atoms with Crippen molar-refractivity contribution in [3.63, 3.8) is 0 Å². The van der Waals surface area contributed by atoms with E-state index in [0.717, 1.165) is 0 Å². The number of cyclic esters (lactones) is 1. The summed E-state index contributed by atoms with van der Waals surface area (Å²) in [4.78, 5) is 50.7. The number of carbonyl (C=O) groups excluding carboxylic acids is 4. The zero-order valence-electron chi connectivity index (χ0n) is 16.3. The molecule has 2 amide bonds. The quantitative estimate of drug-likeness (QED) is 0.763. The molecule has 0 bridgehead atoms. The summed E-state index contributed by atoms with van der Waals surface area (Å²) in [6.07, 6.45) is -0.400. The summed E-state index contributed by atoms with van der Waals surface area (Å²) in [6, 6.07) is 12.4. The molecule has 8 heteroatoms. The Labute approximate surface area is 172 Å². The number of hydrogen-bond acceptors (Lipinski definition) is 6. The van der Waals surface area contributed by atoms with Crippen LogP contribution in [0.2, 0.25) is 0 Å². The number of ether oxygens (including phenoxy) is 2. The zero-order valence-corrected chi connectivity index (χ0v) is 16.3. The molecule has 154 valence electrons. The van der Waals surface area contributed by atoms with Crippen molar-refractivity contribution >= 4 is 29.4 Å². The maximum atomic E-state index is 12.9. The van der Waals surface area contributed by atoms with Gasteiger partial charge < -0.3 is 14.8 Å². The molecule has 2 aromatic rings. The van der Waals surface area contributed by atoms with Crippen LogP contribution in [0.4, 0.5) is 5.69 Å². The summed E-state index contributed by atoms with van der Waals surface area (Å²) in [6.45, 7) is 2.00. The third-order valence-corrected chi connectivity index (χ3v) is 5.14. The van der Waals surface area contributed by atoms with Gasteiger partial charge in [0.05, 0.1) is 17.7 Å². The number of fused-ring (bicyclic) bond motifs is 1. The maximum absolute atomic E-state index is 12.9. The van der Waals surface area contributed by atoms with Crippen molar-refractivity contribution in [3.8, 4) is 0 Å². The molecule has 2 aromatic carbocycles. The van der Waals surface area contributed by atoms with Crippen molar-refractivity contribution in [1.82, 2.24) is 4.90 Å². The van der Waals surface area contributed by atoms with Gasteiger partial charge in [-0.15, -0.1) is 0 Å². The number of anilines is 1. The van der Waals surface area contributed by atoms with Crippen LogP contribution in [0.5, 0.6) is 0 Å². The molecule has 0 aliphatic carbocycles. The molecule has 2 atom stereocenters. The Morgan fingerprint density at radius 1 is 1.13 bits per heavy atom. The van der Waals surface area contributed by atoms with E-state index in [2.05, 4.69) is 5.32 Å². The van der Waals surface area contributed by atoms with Crippen LogP contribution in [0, 0.1) is 0 Å². The highest BCUT2D eigenvalue weighted by Gasteiger charge is 2.46. The smallest absolute Gasteiger partial charge is 0.340 e. The second-order valence-electron chi connectivity index (χ2n) is 6.99. The third-order valence-electron chi connectivity index (χ3n) is 5.14. The van der Waals surface area contributed by atoms with E-state index >= 15 is 0 Å². The Bertz CT molecular complexity index is 1020. The van der Waals surface area contributed by atoms with Gasteiger partial charge in [0.15, 0.2) is 0 Å². The number of likely N-dealkylation sites (tertiary alicyclic amines) is 1. The van der Waals surface area contributed by atoms with Crippen molar-refractivity contribution in [2.45, 2.75) is 32.0 Å². The third kappa shape index (κ3) is 3.52. The van der Waals surface area contributed by atoms with Crippen molar-refractivity contribution in [2.75, 3.05) is 11.9 Å². The SMILES string of the molecule is CCOC(=O)c1ccc(NC(=O)[C@@H]2CCC(=O)N2[C@H]2OC(=O)c3ccccc32)cc1. The highest BCUT2D eigenvalue weighted by Crippen LogP contribution is 2.38. The number of nitrogens with one attached hydrogen (secondary N) is 1. The summed E-state index contributed by atoms with van der Waals surface area (Å²) < 4.78 is 10.4. The summed E-state index contributed by atoms with van der Waals surface area (Å²) in [7, 11) is 0. The van der Waals surface area contributed by atoms with Crippen LogP contribution in [0.15, 0.2) is 48.5 Å². The highest BCUT2D eigenvalue weighted by atomic mass is 16.6. The largest absolute Gasteiger partial charge is 0.462 e. The van der Waals surface area contributed by atoms with Crippen LogP contribution < -0.4 is 5.32 Å². The molecule has 1 fully saturated rings. The summed E-state index contributed by atoms with van der Waals surface area (Å²) in [5.41, 5.74) is 1.84. The van der Waals surface area contributed by atoms with Gasteiger partial charge in [0, 0.05) is 17.7 Å². The molecule has 2 aliphatic rings. The van der Waals surface area contributed by atoms with Gasteiger partial charge in [-0.1, -0.05) is 18.2 Å². The molecule has 4 rings (SSSR count). The van der Waals surface area contributed by atoms with Crippen LogP contribution in [0.1, 0.15) is 52.3 Å². The van der Waals surface area contributed by atoms with Crippen LogP contribution in [0.3, 0.4) is 0 Å². The first-order valence-corrected chi connectivity index (χ1v) is 9.68. The molecule has 30 heavy (non-hydrogen) atoms. The van der Waals surface area contributed by atoms with Gasteiger partial charge in [0.1, 0.15) is 6.04 Å². The molecular formula is C22H20N2O6. The van der Waals surface area contributed by atoms with Crippen LogP contribution in [0.25, 0.3) is 0 Å². The first-order chi connectivity index (χ1) is 14.5. The van der Waals surface area contributed by atoms with Gasteiger partial charge in [-0.2, -0.15) is 0 Å². The fraction of sp³-hybridized carbons (Fsp3) is 0.273. The Morgan fingerprint density at radius 2 is 1.87 bits per heavy atom. The van der Waals surface area contributed by atoms with E-state index in [-0.39, 0.29) is 24.8 Å². The standard InChI is InChI=1S/C22H20N2O6/c1-2-29-21(27)13-7-9-14(10-8-13)23-19(26)17-11-12-18(25)24(17)20-15-5-3-4-6-16(15)22(28)30-20/h3-10,17,20H,2,11-12H2,1H3,(H,23,26)/t17-,20-/m0/s1. The van der Waals surface area contributed by atoms with Gasteiger partial charge in [-0.25, -0.2) is 9.59 Å². The fourth-order valence-electron chi connectivity index (χ4n) is 3.72. The monoisotopic (exact) mass is 408 g/mol. The minimum Gasteiger partial charge on any atom is -0.462 e. The van der Waals surface area contributed by atoms with E-state index < -0.39 is 24.2 Å². The minimum absolute atomic E-state index is 0.191. The Balaban J connectivity index is 1.51. The van der Waals surface area contributed by atoms with Crippen molar-refractivity contribution in [3.05, 3.63) is 65.2 Å². The van der Waals surface area contributed by atoms with Gasteiger partial charge >= 0.3 is 11.9 Å². The molecular weight excluding hydrogens is 388 g/mol. The first kappa shape index (κ1) is 19.6. The van der Waals surface area contributed by atoms with Gasteiger partial charge in [-0.3, -0.25) is 14.5 Å². The lowest BCUT2D eigenvalue weighted by atomic mass is 10.1. The van der Waals surface area contributed by atoms with Crippen molar-refractivity contribution in [1.29, 1.82) is 0 Å². The van der Waals surface area contributed by atoms with Gasteiger partial charge in [0.25, 0.3) is 0 Å². The lowest BCUT2D eigenvalue weighted by Crippen LogP contribution is -2.43. The molecule has 1 saturated heterocycles. The first-order valence-electron chi connectivity index (χ1n) is 9.68. The lowest BCUT2D eigenvalue weighted by Gasteiger charge is -2.29. The highest BCUT2D eigenvalue weighted by molar-refractivity contribution is 6.00. The van der Waals surface area contributed by atoms with Gasteiger partial charge in [-0.05, 0) is 43.7 Å². The van der Waals surface area contributed by atoms with Crippen LogP contribution >= 0.6 is 0 Å². The van der Waals surface area contributed by atoms with Gasteiger partial charge in [0.2, 0.25) is 18.0 Å². The zero-order chi connectivity index (χ0) is 21.3. The molecule has 0 unspecified atom stereocenters. The summed E-state index contributed by atoms with van der Waals surface area (Å²) in [5, 5.41) is 2.77. The van der Waals surface area contributed by atoms with E-state index in [4.69, 9.17) is 9.47 Å². The molecule has 2 aliphatic heterocycles. The van der Waals surface area contributed by atoms with Crippen molar-refractivity contribution < 1.29 is 28.7 Å². The molecule has 0 aromatic heterocycles. The van der Waals surface area contributed by atoms with Crippen LogP contribution in [-0.2, 0) is 19.1 Å². The van der Waals surface area contributed by atoms with Crippen molar-refractivity contribution in [2.24, 2.45) is 0 Å². The lowest BCUT2D eigenvalue weighted by molar-refractivity contribution is -0.144. The van der Waals surface area contributed by atoms with E-state index in [9.17, 15) is 19.2 Å². The number of benzene rings is 2. The molecule has 2 heterocycles. The maximum Gasteiger partial charge on any atom is 0.340 e. The predicted molar refractivity (Wildman–Crippen MR) is 105 cm³/mol. The summed E-state index contributed by atoms with van der Waals surface area (Å²) >= 11 is 0. The molecule has 0 radical (unpaired) electrons. The van der Waals surface area contributed by atoms with Crippen LogP contribution in [-0.4, -0.2) is 41.3 Å². The normalized spacial score (nSPS) is 20.0. The summed E-state index contributed by atoms with van der Waals surface area (Å²) in [5.74, 6) is -1.58. The number of nitrogens with zero attached hydrogens (tertiary/aromatic N) is 1. The number of amides is 2. The van der Waals surface area contributed by atoms with E-state index in [1.165, 1.54) is 4.90 Å². The predicted octanol–water partition coefficient (Wildman–Crippen LogP) is 2.66. The average molecular weight is 408 g/mol. The number of esters is 2. The fourth-order valence-corrected chi connectivity index (χ4v) is 3.72. The number of hydrogen-bond donors (Lipinski definition) is 1. The number of carbonyl (C=O) groups is 4. The molecule has 0 spiro atoms. The Kier molecular flexibility index (Phi) is 5.22. The second-order valence-corrected chi connectivity index (χ2v) is 6.99. The van der Waals surface area contributed by atoms with E-state index in [0.29, 0.717) is 28.8 Å². The molecule has 1 N–H and O–H groups in total. The Hall–Kier alpha value is -3.68. The topological polar surface area (TPSA) is 102 Å².